The highest BCUT2D eigenvalue weighted by Crippen LogP contribution is 2.48. The molecule has 4 aromatic rings. The lowest BCUT2D eigenvalue weighted by Gasteiger charge is -2.17. The Morgan fingerprint density at radius 1 is 1.03 bits per heavy atom. The van der Waals surface area contributed by atoms with Crippen LogP contribution in [0.2, 0.25) is 0 Å². The van der Waals surface area contributed by atoms with E-state index in [1.807, 2.05) is 6.20 Å². The molecule has 8 nitrogen and oxygen atoms in total. The van der Waals surface area contributed by atoms with Crippen molar-refractivity contribution in [3.05, 3.63) is 84.3 Å². The Hall–Kier alpha value is -4.60. The smallest absolute Gasteiger partial charge is 0.240 e. The van der Waals surface area contributed by atoms with Gasteiger partial charge in [-0.15, -0.1) is 0 Å². The SMILES string of the molecule is Cc1cc(NC(=O)C2(C(=O)Nc3ccc(F)cc3)CC2)c(F)cc1Oc1ccnc(-c2cnn(C)c2)c1. The number of halogens is 2. The molecule has 0 aliphatic heterocycles. The number of pyridine rings is 1. The first-order valence-electron chi connectivity index (χ1n) is 11.5. The summed E-state index contributed by atoms with van der Waals surface area (Å²) in [5, 5.41) is 9.31. The van der Waals surface area contributed by atoms with E-state index in [9.17, 15) is 18.4 Å². The molecule has 0 radical (unpaired) electrons. The molecule has 2 aromatic heterocycles. The molecule has 37 heavy (non-hydrogen) atoms. The van der Waals surface area contributed by atoms with E-state index in [-0.39, 0.29) is 11.4 Å². The molecule has 2 N–H and O–H groups in total. The zero-order valence-corrected chi connectivity index (χ0v) is 20.1. The standard InChI is InChI=1S/C27H23F2N5O3/c1-16-11-23(33-26(36)27(8-9-27)25(35)32-19-5-3-18(28)4-6-19)21(29)13-24(16)37-20-7-10-30-22(12-20)17-14-31-34(2)15-17/h3-7,10-15H,8-9H2,1-2H3,(H,32,35)(H,33,36). The molecule has 0 bridgehead atoms. The number of aryl methyl sites for hydroxylation is 2. The molecule has 10 heteroatoms. The minimum absolute atomic E-state index is 0.0542. The highest BCUT2D eigenvalue weighted by Gasteiger charge is 2.56. The van der Waals surface area contributed by atoms with Gasteiger partial charge < -0.3 is 15.4 Å². The first-order chi connectivity index (χ1) is 17.7. The summed E-state index contributed by atoms with van der Waals surface area (Å²) in [5.41, 5.74) is 1.06. The van der Waals surface area contributed by atoms with E-state index in [1.165, 1.54) is 36.4 Å². The summed E-state index contributed by atoms with van der Waals surface area (Å²) in [6.45, 7) is 1.72. The van der Waals surface area contributed by atoms with Gasteiger partial charge in [0, 0.05) is 42.8 Å². The van der Waals surface area contributed by atoms with Crippen molar-refractivity contribution < 1.29 is 23.1 Å². The van der Waals surface area contributed by atoms with E-state index in [4.69, 9.17) is 4.74 Å². The number of carbonyl (C=O) groups excluding carboxylic acids is 2. The highest BCUT2D eigenvalue weighted by atomic mass is 19.1. The second-order valence-electron chi connectivity index (χ2n) is 8.98. The van der Waals surface area contributed by atoms with Crippen LogP contribution in [0.5, 0.6) is 11.5 Å². The molecule has 2 amide bonds. The first kappa shape index (κ1) is 24.1. The Bertz CT molecular complexity index is 1500. The molecule has 0 saturated heterocycles. The molecule has 0 spiro atoms. The second kappa shape index (κ2) is 9.45. The minimum Gasteiger partial charge on any atom is -0.457 e. The van der Waals surface area contributed by atoms with Gasteiger partial charge in [-0.2, -0.15) is 5.10 Å². The highest BCUT2D eigenvalue weighted by molar-refractivity contribution is 6.17. The van der Waals surface area contributed by atoms with Crippen LogP contribution in [0.15, 0.2) is 67.1 Å². The number of benzene rings is 2. The van der Waals surface area contributed by atoms with Crippen molar-refractivity contribution in [2.24, 2.45) is 12.5 Å². The van der Waals surface area contributed by atoms with E-state index in [0.717, 1.165) is 5.56 Å². The molecular weight excluding hydrogens is 480 g/mol. The van der Waals surface area contributed by atoms with Gasteiger partial charge in [0.1, 0.15) is 28.5 Å². The van der Waals surface area contributed by atoms with Crippen LogP contribution >= 0.6 is 0 Å². The van der Waals surface area contributed by atoms with Gasteiger partial charge in [-0.3, -0.25) is 19.3 Å². The van der Waals surface area contributed by atoms with Crippen molar-refractivity contribution in [2.75, 3.05) is 10.6 Å². The van der Waals surface area contributed by atoms with E-state index in [2.05, 4.69) is 20.7 Å². The van der Waals surface area contributed by atoms with Crippen molar-refractivity contribution in [3.8, 4) is 22.8 Å². The van der Waals surface area contributed by atoms with Crippen molar-refractivity contribution in [2.45, 2.75) is 19.8 Å². The minimum atomic E-state index is -1.30. The van der Waals surface area contributed by atoms with Crippen molar-refractivity contribution in [1.82, 2.24) is 14.8 Å². The fourth-order valence-corrected chi connectivity index (χ4v) is 3.89. The maximum absolute atomic E-state index is 15.0. The topological polar surface area (TPSA) is 98.1 Å². The molecular formula is C27H23F2N5O3. The predicted octanol–water partition coefficient (Wildman–Crippen LogP) is 5.22. The van der Waals surface area contributed by atoms with Crippen LogP contribution in [0.4, 0.5) is 20.2 Å². The zero-order chi connectivity index (χ0) is 26.2. The summed E-state index contributed by atoms with van der Waals surface area (Å²) in [7, 11) is 1.80. The monoisotopic (exact) mass is 503 g/mol. The molecule has 1 saturated carbocycles. The van der Waals surface area contributed by atoms with Crippen molar-refractivity contribution >= 4 is 23.2 Å². The van der Waals surface area contributed by atoms with Crippen LogP contribution in [-0.4, -0.2) is 26.6 Å². The number of nitrogens with zero attached hydrogens (tertiary/aromatic N) is 3. The summed E-state index contributed by atoms with van der Waals surface area (Å²) in [6, 6.07) is 11.3. The fourth-order valence-electron chi connectivity index (χ4n) is 3.89. The number of hydrogen-bond donors (Lipinski definition) is 2. The lowest BCUT2D eigenvalue weighted by Crippen LogP contribution is -2.35. The number of carbonyl (C=O) groups is 2. The van der Waals surface area contributed by atoms with Gasteiger partial charge in [0.25, 0.3) is 0 Å². The van der Waals surface area contributed by atoms with Crippen LogP contribution in [0, 0.1) is 24.0 Å². The van der Waals surface area contributed by atoms with Gasteiger partial charge in [-0.1, -0.05) is 0 Å². The molecule has 1 fully saturated rings. The number of amides is 2. The van der Waals surface area contributed by atoms with E-state index >= 15 is 0 Å². The Kier molecular flexibility index (Phi) is 6.16. The summed E-state index contributed by atoms with van der Waals surface area (Å²) in [6.07, 6.45) is 5.75. The largest absolute Gasteiger partial charge is 0.457 e. The van der Waals surface area contributed by atoms with Crippen molar-refractivity contribution in [1.29, 1.82) is 0 Å². The average Bonchev–Trinajstić information content (AvgIpc) is 3.58. The van der Waals surface area contributed by atoms with Crippen LogP contribution < -0.4 is 15.4 Å². The van der Waals surface area contributed by atoms with Crippen molar-refractivity contribution in [3.63, 3.8) is 0 Å². The van der Waals surface area contributed by atoms with Gasteiger partial charge in [-0.05, 0) is 61.7 Å². The number of nitrogens with one attached hydrogen (secondary N) is 2. The van der Waals surface area contributed by atoms with Crippen LogP contribution in [0.25, 0.3) is 11.3 Å². The number of aromatic nitrogens is 3. The summed E-state index contributed by atoms with van der Waals surface area (Å²) >= 11 is 0. The fraction of sp³-hybridized carbons (Fsp3) is 0.185. The molecule has 0 atom stereocenters. The maximum Gasteiger partial charge on any atom is 0.240 e. The second-order valence-corrected chi connectivity index (χ2v) is 8.98. The van der Waals surface area contributed by atoms with Gasteiger partial charge in [0.15, 0.2) is 0 Å². The lowest BCUT2D eigenvalue weighted by molar-refractivity contribution is -0.131. The molecule has 2 aromatic carbocycles. The zero-order valence-electron chi connectivity index (χ0n) is 20.1. The number of ether oxygens (including phenoxy) is 1. The van der Waals surface area contributed by atoms with E-state index in [0.29, 0.717) is 35.5 Å². The van der Waals surface area contributed by atoms with Crippen LogP contribution in [0.1, 0.15) is 18.4 Å². The number of rotatable bonds is 7. The molecule has 2 heterocycles. The lowest BCUT2D eigenvalue weighted by atomic mass is 10.0. The van der Waals surface area contributed by atoms with Crippen LogP contribution in [0.3, 0.4) is 0 Å². The molecule has 5 rings (SSSR count). The normalized spacial score (nSPS) is 13.6. The third kappa shape index (κ3) is 5.04. The summed E-state index contributed by atoms with van der Waals surface area (Å²) in [5.74, 6) is -1.53. The summed E-state index contributed by atoms with van der Waals surface area (Å²) < 4.78 is 35.7. The Morgan fingerprint density at radius 3 is 2.43 bits per heavy atom. The van der Waals surface area contributed by atoms with E-state index < -0.39 is 28.9 Å². The molecule has 0 unspecified atom stereocenters. The van der Waals surface area contributed by atoms with Gasteiger partial charge in [0.2, 0.25) is 11.8 Å². The average molecular weight is 504 g/mol. The van der Waals surface area contributed by atoms with Gasteiger partial charge >= 0.3 is 0 Å². The predicted molar refractivity (Wildman–Crippen MR) is 133 cm³/mol. The van der Waals surface area contributed by atoms with Gasteiger partial charge in [0.05, 0.1) is 17.6 Å². The number of anilines is 2. The molecule has 188 valence electrons. The third-order valence-electron chi connectivity index (χ3n) is 6.19. The van der Waals surface area contributed by atoms with Gasteiger partial charge in [-0.25, -0.2) is 8.78 Å². The van der Waals surface area contributed by atoms with Crippen LogP contribution in [-0.2, 0) is 16.6 Å². The maximum atomic E-state index is 15.0. The molecule has 1 aliphatic carbocycles. The Labute approximate surface area is 211 Å². The van der Waals surface area contributed by atoms with E-state index in [1.54, 1.807) is 43.2 Å². The third-order valence-corrected chi connectivity index (χ3v) is 6.19. The quantitative estimate of drug-likeness (QED) is 0.337. The Balaban J connectivity index is 1.29. The summed E-state index contributed by atoms with van der Waals surface area (Å²) in [4.78, 5) is 30.0. The first-order valence-corrected chi connectivity index (χ1v) is 11.5. The molecule has 1 aliphatic rings. The number of hydrogen-bond acceptors (Lipinski definition) is 5. The Morgan fingerprint density at radius 2 is 1.76 bits per heavy atom.